The SMILES string of the molecule is CC(C)c1ccc(-c2cccc3c2C=C(C2(C4=Cc5c(cccc5-c5ccc(C(C)C)cc5)C4)CCC2)C3)cc1. The van der Waals surface area contributed by atoms with E-state index >= 15 is 0 Å². The minimum absolute atomic E-state index is 0.218. The Kier molecular flexibility index (Phi) is 6.19. The highest BCUT2D eigenvalue weighted by molar-refractivity contribution is 5.84. The minimum Gasteiger partial charge on any atom is -0.0613 e. The first-order valence-electron chi connectivity index (χ1n) is 15.3. The van der Waals surface area contributed by atoms with Crippen molar-refractivity contribution in [3.05, 3.63) is 129 Å². The zero-order valence-corrected chi connectivity index (χ0v) is 24.4. The van der Waals surface area contributed by atoms with E-state index in [1.807, 2.05) is 0 Å². The lowest BCUT2D eigenvalue weighted by atomic mass is 9.59. The Morgan fingerprint density at radius 1 is 0.525 bits per heavy atom. The molecule has 4 aromatic rings. The summed E-state index contributed by atoms with van der Waals surface area (Å²) in [5.74, 6) is 1.12. The van der Waals surface area contributed by atoms with Crippen molar-refractivity contribution in [3.63, 3.8) is 0 Å². The molecule has 0 aliphatic heterocycles. The normalized spacial score (nSPS) is 16.9. The molecule has 0 amide bonds. The van der Waals surface area contributed by atoms with E-state index in [0.717, 1.165) is 12.8 Å². The van der Waals surface area contributed by atoms with Crippen LogP contribution < -0.4 is 0 Å². The quantitative estimate of drug-likeness (QED) is 0.237. The van der Waals surface area contributed by atoms with Gasteiger partial charge in [-0.1, -0.05) is 142 Å². The average Bonchev–Trinajstić information content (AvgIpc) is 3.57. The first kappa shape index (κ1) is 25.3. The van der Waals surface area contributed by atoms with Gasteiger partial charge in [-0.2, -0.15) is 0 Å². The number of hydrogen-bond acceptors (Lipinski definition) is 0. The molecule has 0 radical (unpaired) electrons. The van der Waals surface area contributed by atoms with E-state index in [2.05, 4.69) is 125 Å². The Morgan fingerprint density at radius 3 is 1.30 bits per heavy atom. The second kappa shape index (κ2) is 9.77. The fourth-order valence-electron chi connectivity index (χ4n) is 7.33. The van der Waals surface area contributed by atoms with Crippen LogP contribution in [0.3, 0.4) is 0 Å². The monoisotopic (exact) mass is 520 g/mol. The number of allylic oxidation sites excluding steroid dienone is 2. The first-order chi connectivity index (χ1) is 19.4. The third kappa shape index (κ3) is 4.12. The number of fused-ring (bicyclic) bond motifs is 2. The van der Waals surface area contributed by atoms with Crippen molar-refractivity contribution >= 4 is 12.2 Å². The molecule has 0 nitrogen and oxygen atoms in total. The van der Waals surface area contributed by atoms with Crippen molar-refractivity contribution in [2.75, 3.05) is 0 Å². The van der Waals surface area contributed by atoms with Gasteiger partial charge in [-0.25, -0.2) is 0 Å². The van der Waals surface area contributed by atoms with Crippen molar-refractivity contribution < 1.29 is 0 Å². The molecule has 0 heteroatoms. The number of hydrogen-bond donors (Lipinski definition) is 0. The van der Waals surface area contributed by atoms with Gasteiger partial charge in [0, 0.05) is 5.41 Å². The molecule has 0 unspecified atom stereocenters. The Labute approximate surface area is 240 Å². The van der Waals surface area contributed by atoms with Gasteiger partial charge in [0.05, 0.1) is 0 Å². The molecule has 4 aromatic carbocycles. The van der Waals surface area contributed by atoms with Crippen LogP contribution in [-0.4, -0.2) is 0 Å². The minimum atomic E-state index is 0.218. The Balaban J connectivity index is 1.24. The Hall–Kier alpha value is -3.64. The lowest BCUT2D eigenvalue weighted by molar-refractivity contribution is 0.235. The van der Waals surface area contributed by atoms with Crippen molar-refractivity contribution in [1.82, 2.24) is 0 Å². The van der Waals surface area contributed by atoms with Crippen LogP contribution in [0.25, 0.3) is 34.4 Å². The topological polar surface area (TPSA) is 0 Å². The maximum absolute atomic E-state index is 2.58. The molecule has 0 N–H and O–H groups in total. The van der Waals surface area contributed by atoms with E-state index < -0.39 is 0 Å². The summed E-state index contributed by atoms with van der Waals surface area (Å²) in [5, 5.41) is 0. The molecule has 7 rings (SSSR count). The van der Waals surface area contributed by atoms with Crippen molar-refractivity contribution in [2.45, 2.75) is 71.6 Å². The van der Waals surface area contributed by atoms with Gasteiger partial charge in [-0.15, -0.1) is 0 Å². The van der Waals surface area contributed by atoms with Gasteiger partial charge in [0.2, 0.25) is 0 Å². The summed E-state index contributed by atoms with van der Waals surface area (Å²) < 4.78 is 0. The van der Waals surface area contributed by atoms with E-state index in [1.54, 1.807) is 11.1 Å². The van der Waals surface area contributed by atoms with E-state index in [4.69, 9.17) is 0 Å². The Bertz CT molecular complexity index is 1510. The first-order valence-corrected chi connectivity index (χ1v) is 15.3. The van der Waals surface area contributed by atoms with Crippen LogP contribution in [0.2, 0.25) is 0 Å². The number of rotatable bonds is 6. The zero-order chi connectivity index (χ0) is 27.4. The van der Waals surface area contributed by atoms with Crippen LogP contribution in [0, 0.1) is 5.41 Å². The Morgan fingerprint density at radius 2 is 0.950 bits per heavy atom. The van der Waals surface area contributed by atoms with Crippen molar-refractivity contribution in [3.8, 4) is 22.3 Å². The van der Waals surface area contributed by atoms with Crippen LogP contribution >= 0.6 is 0 Å². The van der Waals surface area contributed by atoms with Gasteiger partial charge in [0.15, 0.2) is 0 Å². The highest BCUT2D eigenvalue weighted by Gasteiger charge is 2.46. The van der Waals surface area contributed by atoms with Crippen LogP contribution in [0.1, 0.15) is 92.2 Å². The molecule has 200 valence electrons. The van der Waals surface area contributed by atoms with Gasteiger partial charge >= 0.3 is 0 Å². The van der Waals surface area contributed by atoms with Crippen LogP contribution in [-0.2, 0) is 12.8 Å². The molecule has 0 spiro atoms. The largest absolute Gasteiger partial charge is 0.0613 e. The zero-order valence-electron chi connectivity index (χ0n) is 24.4. The summed E-state index contributed by atoms with van der Waals surface area (Å²) in [5.41, 5.74) is 17.6. The predicted octanol–water partition coefficient (Wildman–Crippen LogP) is 11.0. The smallest absolute Gasteiger partial charge is 0.0134 e. The summed E-state index contributed by atoms with van der Waals surface area (Å²) in [6, 6.07) is 32.4. The molecule has 0 atom stereocenters. The highest BCUT2D eigenvalue weighted by Crippen LogP contribution is 2.58. The van der Waals surface area contributed by atoms with E-state index in [1.165, 1.54) is 74.9 Å². The lowest BCUT2D eigenvalue weighted by Gasteiger charge is -2.45. The molecule has 0 aromatic heterocycles. The van der Waals surface area contributed by atoms with Gasteiger partial charge < -0.3 is 0 Å². The second-order valence-corrected chi connectivity index (χ2v) is 12.9. The van der Waals surface area contributed by atoms with Crippen LogP contribution in [0.5, 0.6) is 0 Å². The fourth-order valence-corrected chi connectivity index (χ4v) is 7.33. The molecular formula is C40H40. The molecule has 1 fully saturated rings. The molecule has 0 heterocycles. The predicted molar refractivity (Wildman–Crippen MR) is 172 cm³/mol. The summed E-state index contributed by atoms with van der Waals surface area (Å²) in [6.07, 6.45) is 11.2. The molecule has 1 saturated carbocycles. The molecule has 40 heavy (non-hydrogen) atoms. The maximum Gasteiger partial charge on any atom is 0.0134 e. The summed E-state index contributed by atoms with van der Waals surface area (Å²) in [7, 11) is 0. The van der Waals surface area contributed by atoms with Gasteiger partial charge in [0.1, 0.15) is 0 Å². The lowest BCUT2D eigenvalue weighted by Crippen LogP contribution is -2.34. The third-order valence-electron chi connectivity index (χ3n) is 10.0. The average molecular weight is 521 g/mol. The van der Waals surface area contributed by atoms with Crippen molar-refractivity contribution in [2.24, 2.45) is 5.41 Å². The molecule has 0 saturated heterocycles. The molecular weight excluding hydrogens is 480 g/mol. The second-order valence-electron chi connectivity index (χ2n) is 12.9. The van der Waals surface area contributed by atoms with E-state index in [9.17, 15) is 0 Å². The summed E-state index contributed by atoms with van der Waals surface area (Å²) in [4.78, 5) is 0. The van der Waals surface area contributed by atoms with E-state index in [-0.39, 0.29) is 5.41 Å². The number of benzene rings is 4. The van der Waals surface area contributed by atoms with Crippen LogP contribution in [0.15, 0.2) is 96.1 Å². The van der Waals surface area contributed by atoms with Gasteiger partial charge in [-0.3, -0.25) is 0 Å². The van der Waals surface area contributed by atoms with E-state index in [0.29, 0.717) is 11.8 Å². The van der Waals surface area contributed by atoms with Crippen LogP contribution in [0.4, 0.5) is 0 Å². The summed E-state index contributed by atoms with van der Waals surface area (Å²) >= 11 is 0. The summed E-state index contributed by atoms with van der Waals surface area (Å²) in [6.45, 7) is 9.07. The highest BCUT2D eigenvalue weighted by atomic mass is 14.5. The molecule has 3 aliphatic carbocycles. The van der Waals surface area contributed by atoms with Crippen molar-refractivity contribution in [1.29, 1.82) is 0 Å². The third-order valence-corrected chi connectivity index (χ3v) is 10.0. The van der Waals surface area contributed by atoms with Gasteiger partial charge in [-0.05, 0) is 93.2 Å². The molecule has 0 bridgehead atoms. The maximum atomic E-state index is 2.58. The molecule has 3 aliphatic rings. The van der Waals surface area contributed by atoms with Gasteiger partial charge in [0.25, 0.3) is 0 Å². The standard InChI is InChI=1S/C40H40/c1-26(2)28-12-16-30(17-13-28)36-10-5-8-32-22-34(24-38(32)36)40(20-7-21-40)35-23-33-9-6-11-37(39(33)25-35)31-18-14-29(15-19-31)27(3)4/h5-6,8-19,24-27H,7,20-23H2,1-4H3. The fraction of sp³-hybridized carbons (Fsp3) is 0.300.